The first-order valence-electron chi connectivity index (χ1n) is 5.30. The molecule has 0 heterocycles. The van der Waals surface area contributed by atoms with Crippen molar-refractivity contribution in [3.8, 4) is 22.3 Å². The van der Waals surface area contributed by atoms with E-state index in [9.17, 15) is 19.8 Å². The number of carbonyl (C=O) groups excluding carboxylic acids is 2. The van der Waals surface area contributed by atoms with Crippen LogP contribution in [-0.4, -0.2) is 11.9 Å². The number of carbonyl (C=O) groups is 2. The molecule has 2 aromatic rings. The Labute approximate surface area is 102 Å². The largest absolute Gasteiger partial charge is 0.545 e. The van der Waals surface area contributed by atoms with Crippen molar-refractivity contribution >= 4 is 11.9 Å². The fraction of sp³-hybridized carbons (Fsp3) is 0. The number of hydrogen-bond donors (Lipinski definition) is 0. The average molecular weight is 238 g/mol. The van der Waals surface area contributed by atoms with Crippen LogP contribution in [0.1, 0.15) is 20.7 Å². The molecule has 0 spiro atoms. The van der Waals surface area contributed by atoms with Crippen molar-refractivity contribution in [2.75, 3.05) is 0 Å². The number of carboxylic acids is 2. The van der Waals surface area contributed by atoms with Gasteiger partial charge in [0, 0.05) is 11.1 Å². The van der Waals surface area contributed by atoms with Crippen molar-refractivity contribution in [2.24, 2.45) is 0 Å². The Kier molecular flexibility index (Phi) is 2.01. The van der Waals surface area contributed by atoms with E-state index in [-0.39, 0.29) is 11.1 Å². The first-order valence-corrected chi connectivity index (χ1v) is 5.30. The summed E-state index contributed by atoms with van der Waals surface area (Å²) in [6.07, 6.45) is 0. The lowest BCUT2D eigenvalue weighted by Gasteiger charge is -2.30. The molecule has 3 rings (SSSR count). The molecule has 1 aliphatic carbocycles. The molecule has 0 aromatic heterocycles. The molecule has 88 valence electrons. The second-order valence-corrected chi connectivity index (χ2v) is 4.03. The summed E-state index contributed by atoms with van der Waals surface area (Å²) in [5.74, 6) is -2.63. The van der Waals surface area contributed by atoms with Crippen LogP contribution < -0.4 is 10.2 Å². The molecule has 0 amide bonds. The summed E-state index contributed by atoms with van der Waals surface area (Å²) < 4.78 is 0. The lowest BCUT2D eigenvalue weighted by Crippen LogP contribution is -2.28. The van der Waals surface area contributed by atoms with Gasteiger partial charge in [-0.1, -0.05) is 36.4 Å². The average Bonchev–Trinajstić information content (AvgIpc) is 2.33. The molecule has 0 saturated heterocycles. The predicted octanol–water partition coefficient (Wildman–Crippen LogP) is 0.0610. The highest BCUT2D eigenvalue weighted by Crippen LogP contribution is 2.50. The summed E-state index contributed by atoms with van der Waals surface area (Å²) in [7, 11) is 0. The van der Waals surface area contributed by atoms with Crippen LogP contribution in [0, 0.1) is 0 Å². The first kappa shape index (κ1) is 10.5. The Bertz CT molecular complexity index is 641. The highest BCUT2D eigenvalue weighted by Gasteiger charge is 2.28. The molecule has 0 aliphatic heterocycles. The molecule has 2 aromatic carbocycles. The molecule has 0 saturated carbocycles. The van der Waals surface area contributed by atoms with Crippen molar-refractivity contribution in [3.05, 3.63) is 47.5 Å². The molecule has 0 N–H and O–H groups in total. The lowest BCUT2D eigenvalue weighted by atomic mass is 9.75. The first-order chi connectivity index (χ1) is 8.61. The molecule has 0 bridgehead atoms. The third kappa shape index (κ3) is 1.20. The van der Waals surface area contributed by atoms with Crippen molar-refractivity contribution in [3.63, 3.8) is 0 Å². The Morgan fingerprint density at radius 1 is 0.722 bits per heavy atom. The summed E-state index contributed by atoms with van der Waals surface area (Å²) in [5, 5.41) is 22.0. The van der Waals surface area contributed by atoms with Crippen LogP contribution >= 0.6 is 0 Å². The van der Waals surface area contributed by atoms with E-state index in [0.29, 0.717) is 11.1 Å². The molecular formula is C14H6O4-2. The SMILES string of the molecule is O=C([O-])c1ccc(C(=O)[O-])c2c1-c1ccccc1-2. The highest BCUT2D eigenvalue weighted by molar-refractivity contribution is 6.16. The van der Waals surface area contributed by atoms with E-state index < -0.39 is 11.9 Å². The van der Waals surface area contributed by atoms with Gasteiger partial charge in [-0.2, -0.15) is 0 Å². The minimum absolute atomic E-state index is 0.00806. The summed E-state index contributed by atoms with van der Waals surface area (Å²) >= 11 is 0. The van der Waals surface area contributed by atoms with Crippen LogP contribution in [0.25, 0.3) is 22.3 Å². The van der Waals surface area contributed by atoms with E-state index in [1.807, 2.05) is 0 Å². The van der Waals surface area contributed by atoms with Crippen LogP contribution in [0.4, 0.5) is 0 Å². The maximum absolute atomic E-state index is 11.0. The van der Waals surface area contributed by atoms with Crippen molar-refractivity contribution in [1.82, 2.24) is 0 Å². The van der Waals surface area contributed by atoms with Crippen molar-refractivity contribution in [1.29, 1.82) is 0 Å². The molecule has 0 fully saturated rings. The third-order valence-electron chi connectivity index (χ3n) is 3.11. The van der Waals surface area contributed by atoms with Gasteiger partial charge in [-0.25, -0.2) is 0 Å². The monoisotopic (exact) mass is 238 g/mol. The zero-order valence-corrected chi connectivity index (χ0v) is 9.10. The molecule has 18 heavy (non-hydrogen) atoms. The lowest BCUT2D eigenvalue weighted by molar-refractivity contribution is -0.256. The molecular weight excluding hydrogens is 232 g/mol. The minimum atomic E-state index is -1.31. The maximum Gasteiger partial charge on any atom is 0.0721 e. The molecule has 0 atom stereocenters. The molecule has 0 unspecified atom stereocenters. The van der Waals surface area contributed by atoms with E-state index in [0.717, 1.165) is 11.1 Å². The van der Waals surface area contributed by atoms with Gasteiger partial charge in [0.05, 0.1) is 11.9 Å². The zero-order valence-electron chi connectivity index (χ0n) is 9.10. The standard InChI is InChI=1S/C14H8O4/c15-13(16)9-5-6-10(14(17)18)12-8-4-2-1-3-7(8)11(9)12/h1-6H,(H,15,16)(H,17,18)/p-2. The summed E-state index contributed by atoms with van der Waals surface area (Å²) in [4.78, 5) is 22.0. The number of aromatic carboxylic acids is 2. The highest BCUT2D eigenvalue weighted by atomic mass is 16.4. The van der Waals surface area contributed by atoms with E-state index in [1.165, 1.54) is 12.1 Å². The third-order valence-corrected chi connectivity index (χ3v) is 3.11. The van der Waals surface area contributed by atoms with Crippen molar-refractivity contribution < 1.29 is 19.8 Å². The fourth-order valence-corrected chi connectivity index (χ4v) is 2.36. The van der Waals surface area contributed by atoms with Gasteiger partial charge in [-0.15, -0.1) is 0 Å². The summed E-state index contributed by atoms with van der Waals surface area (Å²) in [5.41, 5.74) is 2.33. The van der Waals surface area contributed by atoms with Gasteiger partial charge in [0.1, 0.15) is 0 Å². The summed E-state index contributed by atoms with van der Waals surface area (Å²) in [6.45, 7) is 0. The van der Waals surface area contributed by atoms with Gasteiger partial charge in [-0.05, 0) is 22.3 Å². The second kappa shape index (κ2) is 3.43. The van der Waals surface area contributed by atoms with Crippen LogP contribution in [0.3, 0.4) is 0 Å². The number of benzene rings is 2. The number of hydrogen-bond acceptors (Lipinski definition) is 4. The van der Waals surface area contributed by atoms with E-state index in [4.69, 9.17) is 0 Å². The van der Waals surface area contributed by atoms with Crippen LogP contribution in [0.15, 0.2) is 36.4 Å². The Morgan fingerprint density at radius 2 is 1.11 bits per heavy atom. The summed E-state index contributed by atoms with van der Waals surface area (Å²) in [6, 6.07) is 9.54. The van der Waals surface area contributed by atoms with E-state index >= 15 is 0 Å². The van der Waals surface area contributed by atoms with Gasteiger partial charge >= 0.3 is 0 Å². The molecule has 0 radical (unpaired) electrons. The van der Waals surface area contributed by atoms with Crippen LogP contribution in [-0.2, 0) is 0 Å². The second-order valence-electron chi connectivity index (χ2n) is 4.03. The topological polar surface area (TPSA) is 80.3 Å². The molecule has 4 nitrogen and oxygen atoms in total. The van der Waals surface area contributed by atoms with Crippen molar-refractivity contribution in [2.45, 2.75) is 0 Å². The van der Waals surface area contributed by atoms with Gasteiger partial charge in [0.15, 0.2) is 0 Å². The smallest absolute Gasteiger partial charge is 0.0721 e. The van der Waals surface area contributed by atoms with E-state index in [1.54, 1.807) is 24.3 Å². The maximum atomic E-state index is 11.0. The van der Waals surface area contributed by atoms with Gasteiger partial charge < -0.3 is 19.8 Å². The minimum Gasteiger partial charge on any atom is -0.545 e. The van der Waals surface area contributed by atoms with E-state index in [2.05, 4.69) is 0 Å². The van der Waals surface area contributed by atoms with Gasteiger partial charge in [0.25, 0.3) is 0 Å². The Morgan fingerprint density at radius 3 is 1.44 bits per heavy atom. The van der Waals surface area contributed by atoms with Gasteiger partial charge in [-0.3, -0.25) is 0 Å². The zero-order chi connectivity index (χ0) is 12.9. The number of fused-ring (bicyclic) bond motifs is 4. The predicted molar refractivity (Wildman–Crippen MR) is 59.5 cm³/mol. The molecule has 1 aliphatic rings. The fourth-order valence-electron chi connectivity index (χ4n) is 2.36. The van der Waals surface area contributed by atoms with Gasteiger partial charge in [0.2, 0.25) is 0 Å². The van der Waals surface area contributed by atoms with Crippen LogP contribution in [0.2, 0.25) is 0 Å². The number of rotatable bonds is 2. The normalized spacial score (nSPS) is 11.1. The number of carboxylic acid groups (broad SMARTS) is 2. The molecule has 4 heteroatoms. The van der Waals surface area contributed by atoms with Crippen LogP contribution in [0.5, 0.6) is 0 Å². The Hall–Kier alpha value is -2.62. The Balaban J connectivity index is 2.35. The quantitative estimate of drug-likeness (QED) is 0.632.